The lowest BCUT2D eigenvalue weighted by Gasteiger charge is -2.10. The number of benzene rings is 5. The molecule has 4 heteroatoms. The number of hydrogen-bond acceptors (Lipinski definition) is 2. The fourth-order valence-corrected chi connectivity index (χ4v) is 5.40. The highest BCUT2D eigenvalue weighted by molar-refractivity contribution is 6.12. The maximum Gasteiger partial charge on any atom is 0.0991 e. The lowest BCUT2D eigenvalue weighted by atomic mass is 10.1. The lowest BCUT2D eigenvalue weighted by molar-refractivity contribution is 1.16. The van der Waals surface area contributed by atoms with Gasteiger partial charge in [-0.25, -0.2) is 0 Å². The highest BCUT2D eigenvalue weighted by atomic mass is 15.0. The predicted molar refractivity (Wildman–Crippen MR) is 145 cm³/mol. The van der Waals surface area contributed by atoms with Gasteiger partial charge >= 0.3 is 0 Å². The third-order valence-electron chi connectivity index (χ3n) is 6.95. The zero-order chi connectivity index (χ0) is 24.2. The van der Waals surface area contributed by atoms with Crippen LogP contribution in [0.4, 0.5) is 0 Å². The summed E-state index contributed by atoms with van der Waals surface area (Å²) in [7, 11) is 0. The lowest BCUT2D eigenvalue weighted by Crippen LogP contribution is -1.95. The molecule has 0 radical (unpaired) electrons. The Balaban J connectivity index is 1.57. The van der Waals surface area contributed by atoms with Gasteiger partial charge in [-0.3, -0.25) is 0 Å². The van der Waals surface area contributed by atoms with Gasteiger partial charge in [-0.2, -0.15) is 10.5 Å². The molecule has 0 fully saturated rings. The number of aromatic nitrogens is 2. The van der Waals surface area contributed by atoms with Gasteiger partial charge in [-0.1, -0.05) is 36.4 Å². The molecule has 0 aliphatic carbocycles. The molecule has 0 saturated carbocycles. The molecular weight excluding hydrogens is 440 g/mol. The number of para-hydroxylation sites is 2. The molecule has 166 valence electrons. The summed E-state index contributed by atoms with van der Waals surface area (Å²) < 4.78 is 4.53. The number of fused-ring (bicyclic) bond motifs is 6. The van der Waals surface area contributed by atoms with Crippen molar-refractivity contribution in [3.63, 3.8) is 0 Å². The van der Waals surface area contributed by atoms with Crippen LogP contribution in [0, 0.1) is 22.7 Å². The standard InChI is InChI=1S/C32H18N4/c33-19-21-10-13-30-26(16-21)27-17-22(20-34)11-14-31(27)36(30)24-12-15-32-28(18-24)25-8-4-5-9-29(25)35(32)23-6-2-1-3-7-23/h1-18H. The highest BCUT2D eigenvalue weighted by Gasteiger charge is 2.17. The largest absolute Gasteiger partial charge is 0.309 e. The molecule has 5 aromatic carbocycles. The predicted octanol–water partition coefficient (Wildman–Crippen LogP) is 7.62. The first-order valence-corrected chi connectivity index (χ1v) is 11.7. The van der Waals surface area contributed by atoms with Crippen molar-refractivity contribution in [3.05, 3.63) is 120 Å². The van der Waals surface area contributed by atoms with Gasteiger partial charge < -0.3 is 9.13 Å². The van der Waals surface area contributed by atoms with Crippen molar-refractivity contribution >= 4 is 43.6 Å². The number of nitriles is 2. The van der Waals surface area contributed by atoms with Crippen LogP contribution in [0.2, 0.25) is 0 Å². The van der Waals surface area contributed by atoms with Gasteiger partial charge in [0.05, 0.1) is 45.3 Å². The van der Waals surface area contributed by atoms with Gasteiger partial charge in [0.15, 0.2) is 0 Å². The van der Waals surface area contributed by atoms with Crippen molar-refractivity contribution in [2.75, 3.05) is 0 Å². The Morgan fingerprint density at radius 1 is 0.417 bits per heavy atom. The van der Waals surface area contributed by atoms with E-state index in [1.54, 1.807) is 0 Å². The van der Waals surface area contributed by atoms with E-state index < -0.39 is 0 Å². The smallest absolute Gasteiger partial charge is 0.0991 e. The third kappa shape index (κ3) is 2.79. The first-order valence-electron chi connectivity index (χ1n) is 11.7. The van der Waals surface area contributed by atoms with Crippen molar-refractivity contribution in [1.82, 2.24) is 9.13 Å². The topological polar surface area (TPSA) is 57.4 Å². The highest BCUT2D eigenvalue weighted by Crippen LogP contribution is 2.37. The van der Waals surface area contributed by atoms with Crippen LogP contribution in [-0.2, 0) is 0 Å². The quantitative estimate of drug-likeness (QED) is 0.267. The summed E-state index contributed by atoms with van der Waals surface area (Å²) in [6.45, 7) is 0. The summed E-state index contributed by atoms with van der Waals surface area (Å²) in [6.07, 6.45) is 0. The minimum Gasteiger partial charge on any atom is -0.309 e. The van der Waals surface area contributed by atoms with Crippen molar-refractivity contribution in [2.24, 2.45) is 0 Å². The molecule has 0 aliphatic rings. The molecule has 0 amide bonds. The second-order valence-electron chi connectivity index (χ2n) is 8.91. The Labute approximate surface area is 207 Å². The molecule has 2 aromatic heterocycles. The van der Waals surface area contributed by atoms with Crippen LogP contribution in [0.25, 0.3) is 55.0 Å². The van der Waals surface area contributed by atoms with Gasteiger partial charge in [0.2, 0.25) is 0 Å². The Bertz CT molecular complexity index is 1990. The van der Waals surface area contributed by atoms with Crippen molar-refractivity contribution < 1.29 is 0 Å². The normalized spacial score (nSPS) is 11.3. The SMILES string of the molecule is N#Cc1ccc2c(c1)c1cc(C#N)ccc1n2-c1ccc2c(c1)c1ccccc1n2-c1ccccc1. The molecular formula is C32H18N4. The van der Waals surface area contributed by atoms with Crippen LogP contribution < -0.4 is 0 Å². The van der Waals surface area contributed by atoms with E-state index >= 15 is 0 Å². The van der Waals surface area contributed by atoms with E-state index in [2.05, 4.69) is 88.0 Å². The van der Waals surface area contributed by atoms with Crippen LogP contribution >= 0.6 is 0 Å². The van der Waals surface area contributed by atoms with E-state index in [0.717, 1.165) is 44.2 Å². The van der Waals surface area contributed by atoms with E-state index in [9.17, 15) is 10.5 Å². The van der Waals surface area contributed by atoms with E-state index in [1.807, 2.05) is 42.5 Å². The Hall–Kier alpha value is -5.32. The molecule has 0 unspecified atom stereocenters. The summed E-state index contributed by atoms with van der Waals surface area (Å²) in [4.78, 5) is 0. The monoisotopic (exact) mass is 458 g/mol. The molecule has 0 aliphatic heterocycles. The van der Waals surface area contributed by atoms with Crippen molar-refractivity contribution in [1.29, 1.82) is 10.5 Å². The zero-order valence-electron chi connectivity index (χ0n) is 19.2. The van der Waals surface area contributed by atoms with Gasteiger partial charge in [0.1, 0.15) is 0 Å². The van der Waals surface area contributed by atoms with Crippen LogP contribution in [-0.4, -0.2) is 9.13 Å². The Morgan fingerprint density at radius 2 is 0.917 bits per heavy atom. The molecule has 7 rings (SSSR count). The maximum absolute atomic E-state index is 9.50. The van der Waals surface area contributed by atoms with Gasteiger partial charge in [0, 0.05) is 32.9 Å². The summed E-state index contributed by atoms with van der Waals surface area (Å²) in [5.41, 5.74) is 7.68. The minimum absolute atomic E-state index is 0.602. The molecule has 4 nitrogen and oxygen atoms in total. The average molecular weight is 459 g/mol. The molecule has 7 aromatic rings. The molecule has 0 N–H and O–H groups in total. The van der Waals surface area contributed by atoms with Crippen LogP contribution in [0.5, 0.6) is 0 Å². The molecule has 0 bridgehead atoms. The average Bonchev–Trinajstić information content (AvgIpc) is 3.45. The fraction of sp³-hybridized carbons (Fsp3) is 0. The molecule has 36 heavy (non-hydrogen) atoms. The van der Waals surface area contributed by atoms with Gasteiger partial charge in [-0.05, 0) is 72.8 Å². The number of hydrogen-bond donors (Lipinski definition) is 0. The summed E-state index contributed by atoms with van der Waals surface area (Å²) in [5.74, 6) is 0. The third-order valence-corrected chi connectivity index (χ3v) is 6.95. The summed E-state index contributed by atoms with van der Waals surface area (Å²) in [5, 5.41) is 23.3. The molecule has 0 spiro atoms. The number of nitrogens with zero attached hydrogens (tertiary/aromatic N) is 4. The molecule has 0 saturated heterocycles. The molecule has 2 heterocycles. The minimum atomic E-state index is 0.602. The van der Waals surface area contributed by atoms with Crippen LogP contribution in [0.15, 0.2) is 109 Å². The molecule has 0 atom stereocenters. The van der Waals surface area contributed by atoms with E-state index in [-0.39, 0.29) is 0 Å². The second kappa shape index (κ2) is 7.60. The van der Waals surface area contributed by atoms with E-state index in [0.29, 0.717) is 11.1 Å². The fourth-order valence-electron chi connectivity index (χ4n) is 5.40. The van der Waals surface area contributed by atoms with Crippen LogP contribution in [0.1, 0.15) is 11.1 Å². The summed E-state index contributed by atoms with van der Waals surface area (Å²) in [6, 6.07) is 41.5. The van der Waals surface area contributed by atoms with Crippen molar-refractivity contribution in [3.8, 4) is 23.5 Å². The van der Waals surface area contributed by atoms with Crippen LogP contribution in [0.3, 0.4) is 0 Å². The maximum atomic E-state index is 9.50. The van der Waals surface area contributed by atoms with E-state index in [1.165, 1.54) is 10.8 Å². The zero-order valence-corrected chi connectivity index (χ0v) is 19.2. The van der Waals surface area contributed by atoms with Gasteiger partial charge in [-0.15, -0.1) is 0 Å². The van der Waals surface area contributed by atoms with Crippen molar-refractivity contribution in [2.45, 2.75) is 0 Å². The first kappa shape index (κ1) is 20.1. The first-order chi connectivity index (χ1) is 17.8. The van der Waals surface area contributed by atoms with Gasteiger partial charge in [0.25, 0.3) is 0 Å². The Morgan fingerprint density at radius 3 is 1.56 bits per heavy atom. The Kier molecular flexibility index (Phi) is 4.24. The van der Waals surface area contributed by atoms with E-state index in [4.69, 9.17) is 0 Å². The summed E-state index contributed by atoms with van der Waals surface area (Å²) >= 11 is 0. The number of rotatable bonds is 2. The second-order valence-corrected chi connectivity index (χ2v) is 8.91.